The van der Waals surface area contributed by atoms with Gasteiger partial charge < -0.3 is 19.9 Å². The fraction of sp³-hybridized carbons (Fsp3) is 0.529. The molecule has 1 amide bonds. The lowest BCUT2D eigenvalue weighted by Crippen LogP contribution is -2.45. The lowest BCUT2D eigenvalue weighted by Gasteiger charge is -2.23. The van der Waals surface area contributed by atoms with E-state index in [0.29, 0.717) is 6.42 Å². The van der Waals surface area contributed by atoms with E-state index in [0.717, 1.165) is 5.56 Å². The Kier molecular flexibility index (Phi) is 4.66. The average molecular weight is 321 g/mol. The highest BCUT2D eigenvalue weighted by molar-refractivity contribution is 5.81. The van der Waals surface area contributed by atoms with Gasteiger partial charge >= 0.3 is 12.1 Å². The predicted molar refractivity (Wildman–Crippen MR) is 84.2 cm³/mol. The van der Waals surface area contributed by atoms with E-state index < -0.39 is 35.4 Å². The summed E-state index contributed by atoms with van der Waals surface area (Å²) in [6.07, 6.45) is -0.706. The van der Waals surface area contributed by atoms with Crippen LogP contribution < -0.4 is 5.32 Å². The maximum absolute atomic E-state index is 12.0. The van der Waals surface area contributed by atoms with Crippen molar-refractivity contribution >= 4 is 12.1 Å². The van der Waals surface area contributed by atoms with Gasteiger partial charge in [0.15, 0.2) is 5.60 Å². The molecule has 3 atom stereocenters. The molecule has 0 radical (unpaired) electrons. The smallest absolute Gasteiger partial charge is 0.407 e. The standard InChI is InChI=1S/C17H23NO5/c1-16(2,3)23-15(21)18-12(10-11-8-6-5-7-9-11)13-17(4,22-13)14(19)20/h5-9,12-13H,10H2,1-4H3,(H,18,21)(H,19,20)/t12-,13?,17?/m0/s1. The summed E-state index contributed by atoms with van der Waals surface area (Å²) in [6.45, 7) is 6.82. The van der Waals surface area contributed by atoms with Gasteiger partial charge in [-0.05, 0) is 39.7 Å². The molecule has 0 bridgehead atoms. The lowest BCUT2D eigenvalue weighted by atomic mass is 9.96. The third kappa shape index (κ3) is 4.45. The van der Waals surface area contributed by atoms with Crippen LogP contribution in [0.2, 0.25) is 0 Å². The first-order valence-corrected chi connectivity index (χ1v) is 7.56. The van der Waals surface area contributed by atoms with Crippen LogP contribution in [0.25, 0.3) is 0 Å². The van der Waals surface area contributed by atoms with E-state index in [4.69, 9.17) is 9.47 Å². The second-order valence-electron chi connectivity index (χ2n) is 6.89. The molecule has 0 saturated carbocycles. The molecule has 2 rings (SSSR count). The second-order valence-corrected chi connectivity index (χ2v) is 6.89. The largest absolute Gasteiger partial charge is 0.479 e. The van der Waals surface area contributed by atoms with Crippen LogP contribution >= 0.6 is 0 Å². The molecule has 1 saturated heterocycles. The molecule has 23 heavy (non-hydrogen) atoms. The normalized spacial score (nSPS) is 24.6. The van der Waals surface area contributed by atoms with Crippen LogP contribution in [0, 0.1) is 0 Å². The maximum Gasteiger partial charge on any atom is 0.407 e. The molecule has 6 nitrogen and oxygen atoms in total. The van der Waals surface area contributed by atoms with Crippen molar-refractivity contribution in [3.05, 3.63) is 35.9 Å². The number of carboxylic acid groups (broad SMARTS) is 1. The Morgan fingerprint density at radius 3 is 2.43 bits per heavy atom. The van der Waals surface area contributed by atoms with E-state index in [2.05, 4.69) is 5.32 Å². The summed E-state index contributed by atoms with van der Waals surface area (Å²) >= 11 is 0. The highest BCUT2D eigenvalue weighted by Crippen LogP contribution is 2.39. The van der Waals surface area contributed by atoms with Gasteiger partial charge in [-0.25, -0.2) is 9.59 Å². The first kappa shape index (κ1) is 17.3. The number of carboxylic acids is 1. The summed E-state index contributed by atoms with van der Waals surface area (Å²) in [5, 5.41) is 12.0. The van der Waals surface area contributed by atoms with Crippen molar-refractivity contribution in [1.29, 1.82) is 0 Å². The lowest BCUT2D eigenvalue weighted by molar-refractivity contribution is -0.142. The third-order valence-electron chi connectivity index (χ3n) is 3.65. The average Bonchev–Trinajstić information content (AvgIpc) is 3.11. The molecule has 126 valence electrons. The molecule has 0 aliphatic carbocycles. The van der Waals surface area contributed by atoms with Gasteiger partial charge in [0.25, 0.3) is 0 Å². The van der Waals surface area contributed by atoms with E-state index in [1.165, 1.54) is 6.92 Å². The molecule has 0 aromatic heterocycles. The van der Waals surface area contributed by atoms with E-state index in [1.54, 1.807) is 20.8 Å². The topological polar surface area (TPSA) is 88.2 Å². The number of alkyl carbamates (subject to hydrolysis) is 1. The molecular weight excluding hydrogens is 298 g/mol. The highest BCUT2D eigenvalue weighted by atomic mass is 16.6. The van der Waals surface area contributed by atoms with Crippen LogP contribution in [0.15, 0.2) is 30.3 Å². The molecule has 0 spiro atoms. The molecule has 1 aromatic rings. The number of ether oxygens (including phenoxy) is 2. The van der Waals surface area contributed by atoms with Crippen molar-refractivity contribution in [2.75, 3.05) is 0 Å². The molecule has 1 aliphatic rings. The van der Waals surface area contributed by atoms with Crippen molar-refractivity contribution in [3.63, 3.8) is 0 Å². The Morgan fingerprint density at radius 2 is 1.96 bits per heavy atom. The van der Waals surface area contributed by atoms with Crippen molar-refractivity contribution in [2.45, 2.75) is 57.5 Å². The number of carbonyl (C=O) groups is 2. The fourth-order valence-electron chi connectivity index (χ4n) is 2.43. The minimum absolute atomic E-state index is 0.466. The van der Waals surface area contributed by atoms with Crippen LogP contribution in [0.4, 0.5) is 4.79 Å². The first-order chi connectivity index (χ1) is 10.6. The maximum atomic E-state index is 12.0. The number of hydrogen-bond donors (Lipinski definition) is 2. The zero-order chi connectivity index (χ0) is 17.3. The quantitative estimate of drug-likeness (QED) is 0.813. The van der Waals surface area contributed by atoms with Gasteiger partial charge in [-0.15, -0.1) is 0 Å². The number of carbonyl (C=O) groups excluding carboxylic acids is 1. The number of amides is 1. The molecular formula is C17H23NO5. The Bertz CT molecular complexity index is 580. The zero-order valence-electron chi connectivity index (χ0n) is 13.8. The third-order valence-corrected chi connectivity index (χ3v) is 3.65. The van der Waals surface area contributed by atoms with E-state index in [9.17, 15) is 14.7 Å². The van der Waals surface area contributed by atoms with Gasteiger partial charge in [0.1, 0.15) is 11.7 Å². The molecule has 1 aromatic carbocycles. The van der Waals surface area contributed by atoms with Crippen molar-refractivity contribution in [1.82, 2.24) is 5.32 Å². The van der Waals surface area contributed by atoms with Crippen LogP contribution in [-0.2, 0) is 20.7 Å². The van der Waals surface area contributed by atoms with Gasteiger partial charge in [0.2, 0.25) is 0 Å². The molecule has 1 aliphatic heterocycles. The van der Waals surface area contributed by atoms with Crippen molar-refractivity contribution in [2.24, 2.45) is 0 Å². The molecule has 6 heteroatoms. The van der Waals surface area contributed by atoms with Crippen LogP contribution in [0.1, 0.15) is 33.3 Å². The number of epoxide rings is 1. The minimum atomic E-state index is -1.27. The summed E-state index contributed by atoms with van der Waals surface area (Å²) in [7, 11) is 0. The summed E-state index contributed by atoms with van der Waals surface area (Å²) < 4.78 is 10.6. The van der Waals surface area contributed by atoms with Crippen molar-refractivity contribution in [3.8, 4) is 0 Å². The summed E-state index contributed by atoms with van der Waals surface area (Å²) in [6, 6.07) is 9.05. The zero-order valence-corrected chi connectivity index (χ0v) is 13.8. The Hall–Kier alpha value is -2.08. The summed E-state index contributed by atoms with van der Waals surface area (Å²) in [5.74, 6) is -1.04. The Morgan fingerprint density at radius 1 is 1.35 bits per heavy atom. The Labute approximate surface area is 135 Å². The monoisotopic (exact) mass is 321 g/mol. The van der Waals surface area contributed by atoms with E-state index in [1.807, 2.05) is 30.3 Å². The van der Waals surface area contributed by atoms with Crippen LogP contribution in [-0.4, -0.2) is 40.5 Å². The number of rotatable bonds is 5. The minimum Gasteiger partial charge on any atom is -0.479 e. The molecule has 2 N–H and O–H groups in total. The van der Waals surface area contributed by atoms with Gasteiger partial charge in [0.05, 0.1) is 6.04 Å². The predicted octanol–water partition coefficient (Wildman–Crippen LogP) is 2.36. The fourth-order valence-corrected chi connectivity index (χ4v) is 2.43. The first-order valence-electron chi connectivity index (χ1n) is 7.56. The van der Waals surface area contributed by atoms with Crippen molar-refractivity contribution < 1.29 is 24.2 Å². The van der Waals surface area contributed by atoms with Gasteiger partial charge in [-0.3, -0.25) is 0 Å². The molecule has 2 unspecified atom stereocenters. The molecule has 1 fully saturated rings. The summed E-state index contributed by atoms with van der Waals surface area (Å²) in [5.41, 5.74) is -0.909. The number of aliphatic carboxylic acids is 1. The highest BCUT2D eigenvalue weighted by Gasteiger charge is 2.62. The van der Waals surface area contributed by atoms with E-state index in [-0.39, 0.29) is 0 Å². The number of hydrogen-bond acceptors (Lipinski definition) is 4. The van der Waals surface area contributed by atoms with E-state index >= 15 is 0 Å². The van der Waals surface area contributed by atoms with Gasteiger partial charge in [0, 0.05) is 0 Å². The van der Waals surface area contributed by atoms with Crippen LogP contribution in [0.3, 0.4) is 0 Å². The van der Waals surface area contributed by atoms with Gasteiger partial charge in [-0.2, -0.15) is 0 Å². The Balaban J connectivity index is 2.10. The second kappa shape index (κ2) is 6.20. The van der Waals surface area contributed by atoms with Gasteiger partial charge in [-0.1, -0.05) is 30.3 Å². The molecule has 1 heterocycles. The number of nitrogens with one attached hydrogen (secondary N) is 1. The SMILES string of the molecule is CC(C)(C)OC(=O)N[C@@H](Cc1ccccc1)C1OC1(C)C(=O)O. The number of benzene rings is 1. The van der Waals surface area contributed by atoms with Crippen LogP contribution in [0.5, 0.6) is 0 Å². The summed E-state index contributed by atoms with van der Waals surface area (Å²) in [4.78, 5) is 23.3.